The van der Waals surface area contributed by atoms with Gasteiger partial charge in [-0.05, 0) is 37.1 Å². The molecule has 0 amide bonds. The van der Waals surface area contributed by atoms with Crippen LogP contribution in [0.1, 0.15) is 19.2 Å². The predicted molar refractivity (Wildman–Crippen MR) is 85.7 cm³/mol. The molecule has 2 aliphatic rings. The Morgan fingerprint density at radius 2 is 2.17 bits per heavy atom. The van der Waals surface area contributed by atoms with Crippen LogP contribution < -0.4 is 9.47 Å². The molecule has 3 heterocycles. The number of ether oxygens (including phenoxy) is 3. The normalized spacial score (nSPS) is 19.3. The van der Waals surface area contributed by atoms with E-state index in [9.17, 15) is 0 Å². The Hall–Kier alpha value is -2.12. The molecule has 2 aromatic rings. The minimum Gasteiger partial charge on any atom is -0.454 e. The first-order chi connectivity index (χ1) is 11.8. The zero-order chi connectivity index (χ0) is 16.4. The van der Waals surface area contributed by atoms with Crippen molar-refractivity contribution in [3.8, 4) is 22.9 Å². The molecule has 0 radical (unpaired) electrons. The molecule has 1 saturated heterocycles. The number of aromatic nitrogens is 2. The third kappa shape index (κ3) is 3.22. The Bertz CT molecular complexity index is 697. The average molecular weight is 331 g/mol. The maximum absolute atomic E-state index is 5.45. The van der Waals surface area contributed by atoms with E-state index in [1.807, 2.05) is 18.2 Å². The van der Waals surface area contributed by atoms with Crippen molar-refractivity contribution < 1.29 is 18.7 Å². The number of hydrogen-bond acceptors (Lipinski definition) is 7. The number of hydrogen-bond donors (Lipinski definition) is 0. The molecule has 128 valence electrons. The molecule has 1 fully saturated rings. The van der Waals surface area contributed by atoms with Crippen molar-refractivity contribution in [3.05, 3.63) is 24.1 Å². The Kier molecular flexibility index (Phi) is 4.36. The topological polar surface area (TPSA) is 69.9 Å². The van der Waals surface area contributed by atoms with Gasteiger partial charge in [-0.15, -0.1) is 0 Å². The first-order valence-corrected chi connectivity index (χ1v) is 8.34. The number of nitrogens with zero attached hydrogens (tertiary/aromatic N) is 3. The largest absolute Gasteiger partial charge is 0.454 e. The van der Waals surface area contributed by atoms with Gasteiger partial charge in [0.1, 0.15) is 0 Å². The van der Waals surface area contributed by atoms with Gasteiger partial charge in [-0.2, -0.15) is 4.98 Å². The van der Waals surface area contributed by atoms with Gasteiger partial charge in [0.15, 0.2) is 11.5 Å². The fourth-order valence-corrected chi connectivity index (χ4v) is 3.06. The van der Waals surface area contributed by atoms with Gasteiger partial charge < -0.3 is 18.7 Å². The molecule has 7 heteroatoms. The highest BCUT2D eigenvalue weighted by Crippen LogP contribution is 2.35. The third-order valence-corrected chi connectivity index (χ3v) is 4.45. The maximum atomic E-state index is 5.45. The van der Waals surface area contributed by atoms with Crippen molar-refractivity contribution in [3.63, 3.8) is 0 Å². The lowest BCUT2D eigenvalue weighted by Gasteiger charge is -2.21. The SMILES string of the molecule is CCN(Cc1nc(-c2ccc3c(c2)OCO3)no1)C[C@H]1CCOC1. The summed E-state index contributed by atoms with van der Waals surface area (Å²) in [6, 6.07) is 5.66. The Balaban J connectivity index is 1.44. The van der Waals surface area contributed by atoms with Crippen LogP contribution in [0.25, 0.3) is 11.4 Å². The molecular weight excluding hydrogens is 310 g/mol. The lowest BCUT2D eigenvalue weighted by molar-refractivity contribution is 0.160. The van der Waals surface area contributed by atoms with Crippen molar-refractivity contribution in [2.24, 2.45) is 5.92 Å². The van der Waals surface area contributed by atoms with Crippen LogP contribution in [0.4, 0.5) is 0 Å². The fraction of sp³-hybridized carbons (Fsp3) is 0.529. The van der Waals surface area contributed by atoms with Gasteiger partial charge in [-0.25, -0.2) is 0 Å². The standard InChI is InChI=1S/C17H21N3O4/c1-2-20(8-12-5-6-21-10-12)9-16-18-17(19-24-16)13-3-4-14-15(7-13)23-11-22-14/h3-4,7,12H,2,5-6,8-11H2,1H3/t12-/m1/s1. The van der Waals surface area contributed by atoms with Crippen molar-refractivity contribution >= 4 is 0 Å². The van der Waals surface area contributed by atoms with Gasteiger partial charge in [0.05, 0.1) is 13.2 Å². The van der Waals surface area contributed by atoms with Crippen LogP contribution in [0.15, 0.2) is 22.7 Å². The molecule has 0 aliphatic carbocycles. The summed E-state index contributed by atoms with van der Waals surface area (Å²) in [5, 5.41) is 4.10. The zero-order valence-corrected chi connectivity index (χ0v) is 13.7. The summed E-state index contributed by atoms with van der Waals surface area (Å²) in [4.78, 5) is 6.84. The van der Waals surface area contributed by atoms with Gasteiger partial charge in [0.2, 0.25) is 18.5 Å². The van der Waals surface area contributed by atoms with Gasteiger partial charge >= 0.3 is 0 Å². The van der Waals surface area contributed by atoms with Gasteiger partial charge in [0, 0.05) is 18.7 Å². The molecule has 1 aromatic heterocycles. The fourth-order valence-electron chi connectivity index (χ4n) is 3.06. The summed E-state index contributed by atoms with van der Waals surface area (Å²) in [7, 11) is 0. The molecule has 0 unspecified atom stereocenters. The lowest BCUT2D eigenvalue weighted by Crippen LogP contribution is -2.29. The minimum atomic E-state index is 0.257. The zero-order valence-electron chi connectivity index (χ0n) is 13.7. The Morgan fingerprint density at radius 3 is 3.00 bits per heavy atom. The van der Waals surface area contributed by atoms with E-state index in [0.717, 1.165) is 49.8 Å². The van der Waals surface area contributed by atoms with Crippen LogP contribution in [0.2, 0.25) is 0 Å². The summed E-state index contributed by atoms with van der Waals surface area (Å²) in [5.41, 5.74) is 0.862. The highest BCUT2D eigenvalue weighted by molar-refractivity contribution is 5.61. The quantitative estimate of drug-likeness (QED) is 0.804. The summed E-state index contributed by atoms with van der Waals surface area (Å²) < 4.78 is 21.6. The molecule has 0 saturated carbocycles. The Labute approximate surface area is 140 Å². The summed E-state index contributed by atoms with van der Waals surface area (Å²) in [5.74, 6) is 3.27. The van der Waals surface area contributed by atoms with Crippen molar-refractivity contribution in [2.75, 3.05) is 33.1 Å². The van der Waals surface area contributed by atoms with Crippen LogP contribution >= 0.6 is 0 Å². The van der Waals surface area contributed by atoms with Crippen molar-refractivity contribution in [1.82, 2.24) is 15.0 Å². The average Bonchev–Trinajstić information content (AvgIpc) is 3.35. The summed E-state index contributed by atoms with van der Waals surface area (Å²) >= 11 is 0. The molecule has 0 bridgehead atoms. The summed E-state index contributed by atoms with van der Waals surface area (Å²) in [6.45, 7) is 6.72. The first-order valence-electron chi connectivity index (χ1n) is 8.34. The number of fused-ring (bicyclic) bond motifs is 1. The maximum Gasteiger partial charge on any atom is 0.241 e. The molecule has 0 spiro atoms. The number of benzene rings is 1. The van der Waals surface area contributed by atoms with Crippen LogP contribution in [-0.4, -0.2) is 48.1 Å². The molecule has 4 rings (SSSR count). The van der Waals surface area contributed by atoms with Crippen molar-refractivity contribution in [2.45, 2.75) is 19.9 Å². The lowest BCUT2D eigenvalue weighted by atomic mass is 10.1. The predicted octanol–water partition coefficient (Wildman–Crippen LogP) is 2.32. The van der Waals surface area contributed by atoms with E-state index in [4.69, 9.17) is 18.7 Å². The third-order valence-electron chi connectivity index (χ3n) is 4.45. The Morgan fingerprint density at radius 1 is 1.25 bits per heavy atom. The van der Waals surface area contributed by atoms with Crippen molar-refractivity contribution in [1.29, 1.82) is 0 Å². The second-order valence-electron chi connectivity index (χ2n) is 6.14. The molecule has 7 nitrogen and oxygen atoms in total. The van der Waals surface area contributed by atoms with E-state index in [2.05, 4.69) is 22.0 Å². The van der Waals surface area contributed by atoms with Crippen LogP contribution in [0.3, 0.4) is 0 Å². The van der Waals surface area contributed by atoms with Crippen LogP contribution in [0, 0.1) is 5.92 Å². The minimum absolute atomic E-state index is 0.257. The van der Waals surface area contributed by atoms with Gasteiger partial charge in [-0.1, -0.05) is 12.1 Å². The molecular formula is C17H21N3O4. The molecule has 24 heavy (non-hydrogen) atoms. The molecule has 1 atom stereocenters. The molecule has 0 N–H and O–H groups in total. The number of rotatable bonds is 6. The smallest absolute Gasteiger partial charge is 0.241 e. The van der Waals surface area contributed by atoms with E-state index in [1.54, 1.807) is 0 Å². The molecule has 1 aromatic carbocycles. The highest BCUT2D eigenvalue weighted by Gasteiger charge is 2.21. The van der Waals surface area contributed by atoms with Gasteiger partial charge in [-0.3, -0.25) is 4.90 Å². The monoisotopic (exact) mass is 331 g/mol. The highest BCUT2D eigenvalue weighted by atomic mass is 16.7. The van der Waals surface area contributed by atoms with E-state index in [-0.39, 0.29) is 6.79 Å². The second kappa shape index (κ2) is 6.78. The summed E-state index contributed by atoms with van der Waals surface area (Å²) in [6.07, 6.45) is 1.13. The van der Waals surface area contributed by atoms with E-state index >= 15 is 0 Å². The van der Waals surface area contributed by atoms with Crippen LogP contribution in [-0.2, 0) is 11.3 Å². The van der Waals surface area contributed by atoms with E-state index in [1.165, 1.54) is 0 Å². The molecule has 2 aliphatic heterocycles. The van der Waals surface area contributed by atoms with E-state index < -0.39 is 0 Å². The first kappa shape index (κ1) is 15.4. The second-order valence-corrected chi connectivity index (χ2v) is 6.14. The van der Waals surface area contributed by atoms with Gasteiger partial charge in [0.25, 0.3) is 0 Å². The van der Waals surface area contributed by atoms with E-state index in [0.29, 0.717) is 24.2 Å². The van der Waals surface area contributed by atoms with Crippen LogP contribution in [0.5, 0.6) is 11.5 Å².